The van der Waals surface area contributed by atoms with E-state index < -0.39 is 0 Å². The van der Waals surface area contributed by atoms with Crippen molar-refractivity contribution in [3.05, 3.63) is 15.5 Å². The summed E-state index contributed by atoms with van der Waals surface area (Å²) in [4.78, 5) is 4.70. The van der Waals surface area contributed by atoms with Gasteiger partial charge in [0.1, 0.15) is 5.15 Å². The molecule has 0 N–H and O–H groups in total. The Hall–Kier alpha value is -0.0800. The normalized spacial score (nSPS) is 9.43. The number of thiazole rings is 1. The zero-order valence-electron chi connectivity index (χ0n) is 3.73. The van der Waals surface area contributed by atoms with Crippen LogP contribution in [0.15, 0.2) is 0 Å². The van der Waals surface area contributed by atoms with E-state index in [2.05, 4.69) is 10.5 Å². The van der Waals surface area contributed by atoms with Crippen LogP contribution in [0.5, 0.6) is 0 Å². The maximum atomic E-state index is 5.49. The van der Waals surface area contributed by atoms with Gasteiger partial charge in [-0.05, 0) is 6.92 Å². The van der Waals surface area contributed by atoms with Gasteiger partial charge in [0.25, 0.3) is 0 Å². The Morgan fingerprint density at radius 1 is 1.86 bits per heavy atom. The molecule has 0 aliphatic heterocycles. The molecule has 0 atom stereocenters. The van der Waals surface area contributed by atoms with Crippen molar-refractivity contribution in [1.82, 2.24) is 4.98 Å². The van der Waals surface area contributed by atoms with Gasteiger partial charge < -0.3 is 0 Å². The number of rotatable bonds is 0. The Morgan fingerprint density at radius 2 is 2.57 bits per heavy atom. The van der Waals surface area contributed by atoms with Gasteiger partial charge in [-0.3, -0.25) is 0 Å². The van der Waals surface area contributed by atoms with Crippen LogP contribution < -0.4 is 0 Å². The van der Waals surface area contributed by atoms with Gasteiger partial charge in [-0.15, -0.1) is 11.3 Å². The van der Waals surface area contributed by atoms with E-state index in [1.165, 1.54) is 11.3 Å². The summed E-state index contributed by atoms with van der Waals surface area (Å²) >= 11 is 6.93. The van der Waals surface area contributed by atoms with E-state index in [4.69, 9.17) is 11.6 Å². The summed E-state index contributed by atoms with van der Waals surface area (Å²) in [6.45, 7) is 1.91. The first-order valence-corrected chi connectivity index (χ1v) is 2.99. The summed E-state index contributed by atoms with van der Waals surface area (Å²) in [5.74, 6) is 0. The highest BCUT2D eigenvalue weighted by atomic mass is 35.5. The minimum Gasteiger partial charge on any atom is -0.221 e. The SMILES string of the molecule is Cc1s[c]nc1Cl. The van der Waals surface area contributed by atoms with Crippen molar-refractivity contribution in [1.29, 1.82) is 0 Å². The molecule has 0 saturated heterocycles. The van der Waals surface area contributed by atoms with Crippen molar-refractivity contribution in [2.45, 2.75) is 6.92 Å². The van der Waals surface area contributed by atoms with Gasteiger partial charge >= 0.3 is 0 Å². The van der Waals surface area contributed by atoms with Gasteiger partial charge in [0.15, 0.2) is 5.51 Å². The van der Waals surface area contributed by atoms with Crippen molar-refractivity contribution in [2.24, 2.45) is 0 Å². The minimum absolute atomic E-state index is 0.574. The number of aromatic nitrogens is 1. The third-order valence-corrected chi connectivity index (χ3v) is 1.80. The Morgan fingerprint density at radius 3 is 2.71 bits per heavy atom. The van der Waals surface area contributed by atoms with Crippen LogP contribution in [0.3, 0.4) is 0 Å². The average Bonchev–Trinajstić information content (AvgIpc) is 1.91. The van der Waals surface area contributed by atoms with Crippen LogP contribution >= 0.6 is 22.9 Å². The summed E-state index contributed by atoms with van der Waals surface area (Å²) in [6, 6.07) is 0. The predicted molar refractivity (Wildman–Crippen MR) is 30.7 cm³/mol. The van der Waals surface area contributed by atoms with Gasteiger partial charge in [0, 0.05) is 4.88 Å². The predicted octanol–water partition coefficient (Wildman–Crippen LogP) is 1.91. The maximum absolute atomic E-state index is 5.49. The molecule has 1 radical (unpaired) electrons. The zero-order chi connectivity index (χ0) is 5.28. The van der Waals surface area contributed by atoms with E-state index in [1.807, 2.05) is 6.92 Å². The molecule has 0 bridgehead atoms. The second-order valence-electron chi connectivity index (χ2n) is 1.15. The van der Waals surface area contributed by atoms with Crippen LogP contribution in [-0.4, -0.2) is 4.98 Å². The summed E-state index contributed by atoms with van der Waals surface area (Å²) in [5.41, 5.74) is 2.66. The van der Waals surface area contributed by atoms with Crippen LogP contribution in [0.1, 0.15) is 4.88 Å². The molecular formula is C4H3ClNS. The highest BCUT2D eigenvalue weighted by Gasteiger charge is 1.92. The summed E-state index contributed by atoms with van der Waals surface area (Å²) in [6.07, 6.45) is 0. The fourth-order valence-corrected chi connectivity index (χ4v) is 0.864. The monoisotopic (exact) mass is 132 g/mol. The smallest absolute Gasteiger partial charge is 0.154 e. The summed E-state index contributed by atoms with van der Waals surface area (Å²) < 4.78 is 0. The zero-order valence-corrected chi connectivity index (χ0v) is 5.31. The first kappa shape index (κ1) is 5.06. The Balaban J connectivity index is 3.12. The fraction of sp³-hybridized carbons (Fsp3) is 0.250. The van der Waals surface area contributed by atoms with Crippen LogP contribution in [0.25, 0.3) is 0 Å². The lowest BCUT2D eigenvalue weighted by molar-refractivity contribution is 1.38. The van der Waals surface area contributed by atoms with E-state index >= 15 is 0 Å². The standard InChI is InChI=1S/C4H3ClNS/c1-3-4(5)6-2-7-3/h1H3. The molecule has 1 nitrogen and oxygen atoms in total. The molecule has 0 saturated carbocycles. The largest absolute Gasteiger partial charge is 0.221 e. The third-order valence-electron chi connectivity index (χ3n) is 0.633. The molecule has 0 aliphatic carbocycles. The van der Waals surface area contributed by atoms with Crippen molar-refractivity contribution in [3.63, 3.8) is 0 Å². The summed E-state index contributed by atoms with van der Waals surface area (Å²) in [7, 11) is 0. The lowest BCUT2D eigenvalue weighted by Gasteiger charge is -1.74. The molecular weight excluding hydrogens is 130 g/mol. The van der Waals surface area contributed by atoms with E-state index in [9.17, 15) is 0 Å². The van der Waals surface area contributed by atoms with Crippen molar-refractivity contribution in [2.75, 3.05) is 0 Å². The lowest BCUT2D eigenvalue weighted by atomic mass is 10.6. The van der Waals surface area contributed by atoms with E-state index in [0.717, 1.165) is 4.88 Å². The van der Waals surface area contributed by atoms with Gasteiger partial charge in [-0.2, -0.15) is 0 Å². The number of hydrogen-bond donors (Lipinski definition) is 0. The molecule has 0 spiro atoms. The third kappa shape index (κ3) is 0.924. The van der Waals surface area contributed by atoms with Crippen molar-refractivity contribution >= 4 is 22.9 Å². The quantitative estimate of drug-likeness (QED) is 0.526. The molecule has 0 fully saturated rings. The highest BCUT2D eigenvalue weighted by Crippen LogP contribution is 2.14. The second kappa shape index (κ2) is 1.80. The number of hydrogen-bond acceptors (Lipinski definition) is 2. The van der Waals surface area contributed by atoms with Crippen molar-refractivity contribution in [3.8, 4) is 0 Å². The van der Waals surface area contributed by atoms with Crippen LogP contribution in [0, 0.1) is 12.4 Å². The van der Waals surface area contributed by atoms with E-state index in [1.54, 1.807) is 0 Å². The van der Waals surface area contributed by atoms with Crippen LogP contribution in [0.4, 0.5) is 0 Å². The molecule has 1 rings (SSSR count). The van der Waals surface area contributed by atoms with Crippen LogP contribution in [0.2, 0.25) is 5.15 Å². The topological polar surface area (TPSA) is 12.9 Å². The average molecular weight is 133 g/mol. The Labute approximate surface area is 51.0 Å². The molecule has 0 amide bonds. The summed E-state index contributed by atoms with van der Waals surface area (Å²) in [5, 5.41) is 0.574. The first-order valence-electron chi connectivity index (χ1n) is 1.79. The minimum atomic E-state index is 0.574. The number of aryl methyl sites for hydroxylation is 1. The van der Waals surface area contributed by atoms with Gasteiger partial charge in [-0.1, -0.05) is 11.6 Å². The molecule has 37 valence electrons. The molecule has 0 aromatic carbocycles. The first-order chi connectivity index (χ1) is 3.30. The van der Waals surface area contributed by atoms with E-state index in [0.29, 0.717) is 5.15 Å². The van der Waals surface area contributed by atoms with Gasteiger partial charge in [0.05, 0.1) is 0 Å². The molecule has 3 heteroatoms. The second-order valence-corrected chi connectivity index (χ2v) is 2.51. The molecule has 0 aliphatic rings. The van der Waals surface area contributed by atoms with Gasteiger partial charge in [-0.25, -0.2) is 4.98 Å². The van der Waals surface area contributed by atoms with E-state index in [-0.39, 0.29) is 0 Å². The number of halogens is 1. The maximum Gasteiger partial charge on any atom is 0.154 e. The molecule has 0 unspecified atom stereocenters. The molecule has 1 heterocycles. The Kier molecular flexibility index (Phi) is 1.30. The lowest BCUT2D eigenvalue weighted by Crippen LogP contribution is -1.59. The Bertz CT molecular complexity index is 144. The highest BCUT2D eigenvalue weighted by molar-refractivity contribution is 7.09. The van der Waals surface area contributed by atoms with Crippen molar-refractivity contribution < 1.29 is 0 Å². The molecule has 1 aromatic heterocycles. The molecule has 1 aromatic rings. The number of nitrogens with zero attached hydrogens (tertiary/aromatic N) is 1. The van der Waals surface area contributed by atoms with Gasteiger partial charge in [0.2, 0.25) is 0 Å². The molecule has 7 heavy (non-hydrogen) atoms. The fourth-order valence-electron chi connectivity index (χ4n) is 0.252. The van der Waals surface area contributed by atoms with Crippen LogP contribution in [-0.2, 0) is 0 Å².